The molecule has 1 aromatic carbocycles. The SMILES string of the molecule is O=[N+]([O-])c1cc(Br)c2c(c1)NCCC2. The van der Waals surface area contributed by atoms with Crippen LogP contribution in [0, 0.1) is 10.1 Å². The quantitative estimate of drug-likeness (QED) is 0.621. The minimum atomic E-state index is -0.374. The third-order valence-electron chi connectivity index (χ3n) is 2.31. The van der Waals surface area contributed by atoms with Gasteiger partial charge in [-0.15, -0.1) is 0 Å². The molecule has 0 radical (unpaired) electrons. The molecule has 1 aliphatic heterocycles. The monoisotopic (exact) mass is 256 g/mol. The zero-order valence-electron chi connectivity index (χ0n) is 7.42. The number of rotatable bonds is 1. The van der Waals surface area contributed by atoms with E-state index < -0.39 is 0 Å². The molecule has 0 atom stereocenters. The van der Waals surface area contributed by atoms with E-state index in [0.717, 1.165) is 35.1 Å². The zero-order chi connectivity index (χ0) is 10.1. The third-order valence-corrected chi connectivity index (χ3v) is 3.02. The molecule has 1 aliphatic rings. The minimum Gasteiger partial charge on any atom is -0.385 e. The molecule has 5 heteroatoms. The largest absolute Gasteiger partial charge is 0.385 e. The minimum absolute atomic E-state index is 0.130. The van der Waals surface area contributed by atoms with Crippen LogP contribution in [-0.2, 0) is 6.42 Å². The van der Waals surface area contributed by atoms with Crippen molar-refractivity contribution in [1.82, 2.24) is 0 Å². The van der Waals surface area contributed by atoms with E-state index >= 15 is 0 Å². The van der Waals surface area contributed by atoms with Crippen molar-refractivity contribution in [3.8, 4) is 0 Å². The summed E-state index contributed by atoms with van der Waals surface area (Å²) in [5.74, 6) is 0. The van der Waals surface area contributed by atoms with Crippen LogP contribution in [0.5, 0.6) is 0 Å². The van der Waals surface area contributed by atoms with Gasteiger partial charge >= 0.3 is 0 Å². The van der Waals surface area contributed by atoms with Crippen molar-refractivity contribution in [2.45, 2.75) is 12.8 Å². The fraction of sp³-hybridized carbons (Fsp3) is 0.333. The van der Waals surface area contributed by atoms with Crippen molar-refractivity contribution >= 4 is 27.3 Å². The molecule has 1 heterocycles. The molecule has 1 aromatic rings. The first kappa shape index (κ1) is 9.45. The van der Waals surface area contributed by atoms with Gasteiger partial charge in [-0.25, -0.2) is 0 Å². The first-order chi connectivity index (χ1) is 6.68. The van der Waals surface area contributed by atoms with Crippen LogP contribution >= 0.6 is 15.9 Å². The van der Waals surface area contributed by atoms with Crippen molar-refractivity contribution in [2.75, 3.05) is 11.9 Å². The van der Waals surface area contributed by atoms with Gasteiger partial charge in [-0.3, -0.25) is 10.1 Å². The predicted molar refractivity (Wildman–Crippen MR) is 57.6 cm³/mol. The highest BCUT2D eigenvalue weighted by Crippen LogP contribution is 2.33. The first-order valence-corrected chi connectivity index (χ1v) is 5.18. The summed E-state index contributed by atoms with van der Waals surface area (Å²) in [5.41, 5.74) is 2.16. The normalized spacial score (nSPS) is 14.4. The lowest BCUT2D eigenvalue weighted by Crippen LogP contribution is -2.12. The molecule has 0 saturated heterocycles. The molecule has 0 bridgehead atoms. The molecule has 0 aliphatic carbocycles. The van der Waals surface area contributed by atoms with Gasteiger partial charge in [-0.05, 0) is 18.4 Å². The number of anilines is 1. The molecule has 1 N–H and O–H groups in total. The summed E-state index contributed by atoms with van der Waals surface area (Å²) in [6, 6.07) is 3.16. The fourth-order valence-corrected chi connectivity index (χ4v) is 2.27. The smallest absolute Gasteiger partial charge is 0.272 e. The molecular formula is C9H9BrN2O2. The summed E-state index contributed by atoms with van der Waals surface area (Å²) in [4.78, 5) is 10.2. The van der Waals surface area contributed by atoms with Crippen LogP contribution in [0.15, 0.2) is 16.6 Å². The molecule has 14 heavy (non-hydrogen) atoms. The molecular weight excluding hydrogens is 248 g/mol. The van der Waals surface area contributed by atoms with Gasteiger partial charge in [0.25, 0.3) is 5.69 Å². The van der Waals surface area contributed by atoms with Gasteiger partial charge in [0.1, 0.15) is 0 Å². The Morgan fingerprint density at radius 1 is 1.50 bits per heavy atom. The second-order valence-corrected chi connectivity index (χ2v) is 4.10. The lowest BCUT2D eigenvalue weighted by Gasteiger charge is -2.18. The molecule has 4 nitrogen and oxygen atoms in total. The number of fused-ring (bicyclic) bond motifs is 1. The molecule has 0 aromatic heterocycles. The van der Waals surface area contributed by atoms with Crippen LogP contribution in [0.4, 0.5) is 11.4 Å². The number of hydrogen-bond donors (Lipinski definition) is 1. The van der Waals surface area contributed by atoms with E-state index in [4.69, 9.17) is 0 Å². The number of non-ortho nitro benzene ring substituents is 1. The highest BCUT2D eigenvalue weighted by molar-refractivity contribution is 9.10. The van der Waals surface area contributed by atoms with Gasteiger partial charge in [-0.1, -0.05) is 15.9 Å². The van der Waals surface area contributed by atoms with Crippen molar-refractivity contribution in [1.29, 1.82) is 0 Å². The van der Waals surface area contributed by atoms with E-state index in [9.17, 15) is 10.1 Å². The number of nitro groups is 1. The van der Waals surface area contributed by atoms with Gasteiger partial charge in [0.15, 0.2) is 0 Å². The Balaban J connectivity index is 2.51. The number of hydrogen-bond acceptors (Lipinski definition) is 3. The van der Waals surface area contributed by atoms with Gasteiger partial charge in [0, 0.05) is 28.8 Å². The predicted octanol–water partition coefficient (Wildman–Crippen LogP) is 2.72. The molecule has 0 fully saturated rings. The average molecular weight is 257 g/mol. The second kappa shape index (κ2) is 3.57. The Labute approximate surface area is 89.6 Å². The molecule has 74 valence electrons. The van der Waals surface area contributed by atoms with Gasteiger partial charge < -0.3 is 5.32 Å². The first-order valence-electron chi connectivity index (χ1n) is 4.39. The maximum atomic E-state index is 10.6. The van der Waals surface area contributed by atoms with E-state index in [2.05, 4.69) is 21.2 Å². The van der Waals surface area contributed by atoms with Crippen LogP contribution in [-0.4, -0.2) is 11.5 Å². The summed E-state index contributed by atoms with van der Waals surface area (Å²) < 4.78 is 0.828. The van der Waals surface area contributed by atoms with E-state index in [-0.39, 0.29) is 10.6 Å². The Kier molecular flexibility index (Phi) is 2.41. The van der Waals surface area contributed by atoms with Gasteiger partial charge in [-0.2, -0.15) is 0 Å². The number of nitrogens with one attached hydrogen (secondary N) is 1. The molecule has 0 spiro atoms. The van der Waals surface area contributed by atoms with Gasteiger partial charge in [0.05, 0.1) is 4.92 Å². The maximum absolute atomic E-state index is 10.6. The molecule has 0 unspecified atom stereocenters. The van der Waals surface area contributed by atoms with Crippen LogP contribution in [0.1, 0.15) is 12.0 Å². The molecule has 2 rings (SSSR count). The van der Waals surface area contributed by atoms with Crippen LogP contribution in [0.2, 0.25) is 0 Å². The number of nitro benzene ring substituents is 1. The summed E-state index contributed by atoms with van der Waals surface area (Å²) >= 11 is 3.36. The number of halogens is 1. The van der Waals surface area contributed by atoms with Crippen molar-refractivity contribution in [3.05, 3.63) is 32.3 Å². The van der Waals surface area contributed by atoms with Crippen molar-refractivity contribution in [2.24, 2.45) is 0 Å². The number of nitrogens with zero attached hydrogens (tertiary/aromatic N) is 1. The third kappa shape index (κ3) is 1.59. The summed E-state index contributed by atoms with van der Waals surface area (Å²) in [7, 11) is 0. The summed E-state index contributed by atoms with van der Waals surface area (Å²) in [6.45, 7) is 0.889. The summed E-state index contributed by atoms with van der Waals surface area (Å²) in [5, 5.41) is 13.8. The van der Waals surface area contributed by atoms with Crippen molar-refractivity contribution < 1.29 is 4.92 Å². The lowest BCUT2D eigenvalue weighted by molar-refractivity contribution is -0.384. The van der Waals surface area contributed by atoms with Crippen LogP contribution < -0.4 is 5.32 Å². The standard InChI is InChI=1S/C9H9BrN2O2/c10-8-4-6(12(13)14)5-9-7(8)2-1-3-11-9/h4-5,11H,1-3H2. The highest BCUT2D eigenvalue weighted by Gasteiger charge is 2.17. The van der Waals surface area contributed by atoms with Gasteiger partial charge in [0.2, 0.25) is 0 Å². The maximum Gasteiger partial charge on any atom is 0.272 e. The Bertz CT molecular complexity index is 393. The second-order valence-electron chi connectivity index (χ2n) is 3.24. The van der Waals surface area contributed by atoms with E-state index in [0.29, 0.717) is 0 Å². The topological polar surface area (TPSA) is 55.2 Å². The van der Waals surface area contributed by atoms with E-state index in [1.165, 1.54) is 0 Å². The Morgan fingerprint density at radius 3 is 3.00 bits per heavy atom. The average Bonchev–Trinajstić information content (AvgIpc) is 2.17. The van der Waals surface area contributed by atoms with E-state index in [1.807, 2.05) is 0 Å². The Morgan fingerprint density at radius 2 is 2.29 bits per heavy atom. The molecule has 0 amide bonds. The van der Waals surface area contributed by atoms with Crippen molar-refractivity contribution in [3.63, 3.8) is 0 Å². The molecule has 0 saturated carbocycles. The highest BCUT2D eigenvalue weighted by atomic mass is 79.9. The number of benzene rings is 1. The zero-order valence-corrected chi connectivity index (χ0v) is 9.00. The lowest BCUT2D eigenvalue weighted by atomic mass is 10.0. The van der Waals surface area contributed by atoms with Crippen LogP contribution in [0.3, 0.4) is 0 Å². The Hall–Kier alpha value is -1.10. The van der Waals surface area contributed by atoms with E-state index in [1.54, 1.807) is 12.1 Å². The fourth-order valence-electron chi connectivity index (χ4n) is 1.63. The summed E-state index contributed by atoms with van der Waals surface area (Å²) in [6.07, 6.45) is 2.05. The van der Waals surface area contributed by atoms with Crippen LogP contribution in [0.25, 0.3) is 0 Å².